The molecule has 4 nitrogen and oxygen atoms in total. The maximum absolute atomic E-state index is 13.2. The highest BCUT2D eigenvalue weighted by Crippen LogP contribution is 2.39. The molecule has 0 bridgehead atoms. The molecule has 0 N–H and O–H groups in total. The van der Waals surface area contributed by atoms with E-state index in [0.717, 1.165) is 22.6 Å². The molecule has 4 rings (SSSR count). The number of aromatic nitrogens is 2. The maximum atomic E-state index is 13.2. The van der Waals surface area contributed by atoms with E-state index in [9.17, 15) is 10.1 Å². The minimum atomic E-state index is -0.156. The molecule has 2 aliphatic rings. The van der Waals surface area contributed by atoms with Crippen molar-refractivity contribution in [3.8, 4) is 6.07 Å². The van der Waals surface area contributed by atoms with Gasteiger partial charge in [-0.2, -0.15) is 5.26 Å². The Bertz CT molecular complexity index is 1000. The summed E-state index contributed by atoms with van der Waals surface area (Å²) < 4.78 is 4.66. The van der Waals surface area contributed by atoms with E-state index in [1.807, 2.05) is 13.0 Å². The molecular formula is C24H29N3O. The first-order valence-electron chi connectivity index (χ1n) is 10.5. The van der Waals surface area contributed by atoms with Crippen LogP contribution in [-0.2, 0) is 0 Å². The number of Topliss-reactive ketones (excluding diaryl/α,β-unsaturated/α-hetero) is 1. The molecule has 0 spiro atoms. The van der Waals surface area contributed by atoms with Crippen molar-refractivity contribution >= 4 is 11.9 Å². The summed E-state index contributed by atoms with van der Waals surface area (Å²) in [6, 6.07) is 7.32. The number of carbonyl (C=O) groups is 1. The Morgan fingerprint density at radius 1 is 0.964 bits per heavy atom. The first kappa shape index (κ1) is 18.8. The predicted octanol–water partition coefficient (Wildman–Crippen LogP) is 5.76. The molecule has 0 atom stereocenters. The molecule has 146 valence electrons. The SMILES string of the molecule is Cc1cc(/C=C(\C#N)C(=O)c2cc(C)n(C3CCCC3)c2C)c(C)n1C1CC1. The molecule has 0 amide bonds. The minimum absolute atomic E-state index is 0.156. The lowest BCUT2D eigenvalue weighted by Crippen LogP contribution is -2.10. The molecule has 4 heteroatoms. The molecule has 0 saturated heterocycles. The van der Waals surface area contributed by atoms with Crippen LogP contribution in [0.2, 0.25) is 0 Å². The molecule has 28 heavy (non-hydrogen) atoms. The topological polar surface area (TPSA) is 50.7 Å². The fraction of sp³-hybridized carbons (Fsp3) is 0.500. The molecule has 0 aromatic carbocycles. The van der Waals surface area contributed by atoms with Crippen LogP contribution in [0.25, 0.3) is 6.08 Å². The van der Waals surface area contributed by atoms with Gasteiger partial charge in [0.2, 0.25) is 5.78 Å². The Kier molecular flexibility index (Phi) is 4.79. The van der Waals surface area contributed by atoms with Gasteiger partial charge in [0.15, 0.2) is 0 Å². The molecular weight excluding hydrogens is 346 g/mol. The average Bonchev–Trinajstić information content (AvgIpc) is 3.14. The summed E-state index contributed by atoms with van der Waals surface area (Å²) in [6.07, 6.45) is 9.09. The number of hydrogen-bond donors (Lipinski definition) is 0. The van der Waals surface area contributed by atoms with Crippen LogP contribution in [0.3, 0.4) is 0 Å². The van der Waals surface area contributed by atoms with Crippen molar-refractivity contribution in [2.24, 2.45) is 0 Å². The van der Waals surface area contributed by atoms with Gasteiger partial charge in [-0.1, -0.05) is 12.8 Å². The predicted molar refractivity (Wildman–Crippen MR) is 112 cm³/mol. The van der Waals surface area contributed by atoms with Gasteiger partial charge in [-0.25, -0.2) is 0 Å². The number of rotatable bonds is 5. The zero-order valence-corrected chi connectivity index (χ0v) is 17.4. The monoisotopic (exact) mass is 375 g/mol. The summed E-state index contributed by atoms with van der Waals surface area (Å²) in [5.74, 6) is -0.156. The van der Waals surface area contributed by atoms with Crippen molar-refractivity contribution in [3.05, 3.63) is 51.6 Å². The van der Waals surface area contributed by atoms with Gasteiger partial charge in [0.25, 0.3) is 0 Å². The quantitative estimate of drug-likeness (QED) is 0.379. The molecule has 2 aromatic heterocycles. The molecule has 0 unspecified atom stereocenters. The number of carbonyl (C=O) groups excluding carboxylic acids is 1. The van der Waals surface area contributed by atoms with Gasteiger partial charge in [-0.15, -0.1) is 0 Å². The molecule has 2 aliphatic carbocycles. The Morgan fingerprint density at radius 3 is 2.14 bits per heavy atom. The third kappa shape index (κ3) is 3.13. The standard InChI is InChI=1S/C24H29N3O/c1-15-11-19(17(3)26(15)22-9-10-22)13-20(14-25)24(28)23-12-16(2)27(18(23)4)21-7-5-6-8-21/h11-13,21-22H,5-10H2,1-4H3/b20-13+. The van der Waals surface area contributed by atoms with E-state index in [-0.39, 0.29) is 11.4 Å². The first-order chi connectivity index (χ1) is 13.4. The van der Waals surface area contributed by atoms with Crippen molar-refractivity contribution in [1.29, 1.82) is 5.26 Å². The second kappa shape index (κ2) is 7.13. The lowest BCUT2D eigenvalue weighted by molar-refractivity contribution is 0.103. The van der Waals surface area contributed by atoms with Crippen molar-refractivity contribution in [2.75, 3.05) is 0 Å². The summed E-state index contributed by atoms with van der Waals surface area (Å²) >= 11 is 0. The second-order valence-electron chi connectivity index (χ2n) is 8.52. The van der Waals surface area contributed by atoms with Crippen LogP contribution in [0, 0.1) is 39.0 Å². The summed E-state index contributed by atoms with van der Waals surface area (Å²) in [5.41, 5.74) is 6.36. The summed E-state index contributed by atoms with van der Waals surface area (Å²) in [7, 11) is 0. The van der Waals surface area contributed by atoms with E-state index in [4.69, 9.17) is 0 Å². The average molecular weight is 376 g/mol. The molecule has 0 radical (unpaired) electrons. The highest BCUT2D eigenvalue weighted by atomic mass is 16.1. The summed E-state index contributed by atoms with van der Waals surface area (Å²) in [6.45, 7) is 8.28. The molecule has 2 heterocycles. The number of aryl methyl sites for hydroxylation is 2. The van der Waals surface area contributed by atoms with E-state index in [1.54, 1.807) is 6.08 Å². The van der Waals surface area contributed by atoms with Crippen LogP contribution in [0.15, 0.2) is 17.7 Å². The fourth-order valence-electron chi connectivity index (χ4n) is 5.02. The molecule has 0 aliphatic heterocycles. The Labute approximate surface area is 167 Å². The van der Waals surface area contributed by atoms with Crippen LogP contribution in [0.5, 0.6) is 0 Å². The van der Waals surface area contributed by atoms with Crippen molar-refractivity contribution in [1.82, 2.24) is 9.13 Å². The van der Waals surface area contributed by atoms with Crippen molar-refractivity contribution in [2.45, 2.75) is 78.3 Å². The number of hydrogen-bond acceptors (Lipinski definition) is 2. The molecule has 2 aromatic rings. The Balaban J connectivity index is 1.69. The lowest BCUT2D eigenvalue weighted by Gasteiger charge is -2.17. The normalized spacial score (nSPS) is 17.9. The van der Waals surface area contributed by atoms with Gasteiger partial charge < -0.3 is 9.13 Å². The Morgan fingerprint density at radius 2 is 1.54 bits per heavy atom. The first-order valence-corrected chi connectivity index (χ1v) is 10.5. The fourth-order valence-corrected chi connectivity index (χ4v) is 5.02. The van der Waals surface area contributed by atoms with Gasteiger partial charge in [-0.3, -0.25) is 4.79 Å². The van der Waals surface area contributed by atoms with Crippen LogP contribution in [0.1, 0.15) is 89.3 Å². The van der Waals surface area contributed by atoms with E-state index < -0.39 is 0 Å². The smallest absolute Gasteiger partial charge is 0.205 e. The maximum Gasteiger partial charge on any atom is 0.205 e. The lowest BCUT2D eigenvalue weighted by atomic mass is 10.0. The van der Waals surface area contributed by atoms with Gasteiger partial charge >= 0.3 is 0 Å². The van der Waals surface area contributed by atoms with Crippen molar-refractivity contribution < 1.29 is 4.79 Å². The van der Waals surface area contributed by atoms with Gasteiger partial charge in [-0.05, 0) is 77.2 Å². The van der Waals surface area contributed by atoms with Crippen LogP contribution < -0.4 is 0 Å². The second-order valence-corrected chi connectivity index (χ2v) is 8.52. The number of ketones is 1. The van der Waals surface area contributed by atoms with Crippen LogP contribution in [-0.4, -0.2) is 14.9 Å². The summed E-state index contributed by atoms with van der Waals surface area (Å²) in [4.78, 5) is 13.2. The van der Waals surface area contributed by atoms with E-state index >= 15 is 0 Å². The number of nitriles is 1. The van der Waals surface area contributed by atoms with Crippen LogP contribution in [0.4, 0.5) is 0 Å². The van der Waals surface area contributed by atoms with E-state index in [1.165, 1.54) is 44.2 Å². The highest BCUT2D eigenvalue weighted by Gasteiger charge is 2.28. The third-order valence-electron chi connectivity index (χ3n) is 6.52. The highest BCUT2D eigenvalue weighted by molar-refractivity contribution is 6.14. The van der Waals surface area contributed by atoms with Gasteiger partial charge in [0.05, 0.1) is 0 Å². The zero-order valence-electron chi connectivity index (χ0n) is 17.4. The van der Waals surface area contributed by atoms with E-state index in [0.29, 0.717) is 17.6 Å². The van der Waals surface area contributed by atoms with E-state index in [2.05, 4.69) is 42.0 Å². The molecule has 2 saturated carbocycles. The Hall–Kier alpha value is -2.54. The number of nitrogens with zero attached hydrogens (tertiary/aromatic N) is 3. The minimum Gasteiger partial charge on any atom is -0.346 e. The van der Waals surface area contributed by atoms with Crippen molar-refractivity contribution in [3.63, 3.8) is 0 Å². The third-order valence-corrected chi connectivity index (χ3v) is 6.52. The zero-order chi connectivity index (χ0) is 20.0. The van der Waals surface area contributed by atoms with Gasteiger partial charge in [0.1, 0.15) is 11.6 Å². The summed E-state index contributed by atoms with van der Waals surface area (Å²) in [5, 5.41) is 9.73. The van der Waals surface area contributed by atoms with Crippen LogP contribution >= 0.6 is 0 Å². The number of allylic oxidation sites excluding steroid dienone is 1. The van der Waals surface area contributed by atoms with Gasteiger partial charge in [0, 0.05) is 40.4 Å². The molecule has 2 fully saturated rings. The largest absolute Gasteiger partial charge is 0.346 e.